The van der Waals surface area contributed by atoms with Crippen molar-refractivity contribution in [3.63, 3.8) is 0 Å². The molecule has 0 radical (unpaired) electrons. The van der Waals surface area contributed by atoms with Crippen LogP contribution in [0.1, 0.15) is 39.0 Å². The number of carbonyl (C=O) groups is 2. The number of benzene rings is 2. The zero-order chi connectivity index (χ0) is 32.3. The fourth-order valence-electron chi connectivity index (χ4n) is 4.45. The van der Waals surface area contributed by atoms with Crippen LogP contribution < -0.4 is 0 Å². The fraction of sp³-hybridized carbons (Fsp3) is 0.375. The van der Waals surface area contributed by atoms with E-state index in [9.17, 15) is 62.3 Å². The Labute approximate surface area is 237 Å². The molecule has 1 atom stereocenters. The van der Waals surface area contributed by atoms with Crippen molar-refractivity contribution in [2.75, 3.05) is 19.8 Å². The van der Waals surface area contributed by atoms with E-state index in [-0.39, 0.29) is 17.0 Å². The van der Waals surface area contributed by atoms with Gasteiger partial charge in [0.05, 0.1) is 29.1 Å². The first kappa shape index (κ1) is 32.2. The molecule has 6 nitrogen and oxygen atoms in total. The Balaban J connectivity index is 1.69. The summed E-state index contributed by atoms with van der Waals surface area (Å²) in [4.78, 5) is 29.9. The Bertz CT molecular complexity index is 1480. The smallest absolute Gasteiger partial charge is 0.374 e. The fourth-order valence-corrected chi connectivity index (χ4v) is 4.68. The molecule has 2 aliphatic heterocycles. The SMILES string of the molecule is O=C1CN(C(=O)c2ccc(C3=NOC(c4cc(Cl)cc(C(F)(F)F)c4)(C(F)(F)F)C3)cc2C(F)(F)F)CN1CC(F)(F)F. The highest BCUT2D eigenvalue weighted by Gasteiger charge is 2.63. The van der Waals surface area contributed by atoms with Crippen LogP contribution in [0.4, 0.5) is 52.7 Å². The molecule has 0 N–H and O–H groups in total. The Morgan fingerprint density at radius 1 is 0.930 bits per heavy atom. The Kier molecular flexibility index (Phi) is 7.85. The molecule has 2 heterocycles. The highest BCUT2D eigenvalue weighted by Crippen LogP contribution is 2.50. The van der Waals surface area contributed by atoms with Crippen LogP contribution in [0.3, 0.4) is 0 Å². The number of carbonyl (C=O) groups excluding carboxylic acids is 2. The van der Waals surface area contributed by atoms with E-state index in [1.165, 1.54) is 0 Å². The summed E-state index contributed by atoms with van der Waals surface area (Å²) in [6, 6.07) is 2.49. The minimum atomic E-state index is -5.46. The second-order valence-corrected chi connectivity index (χ2v) is 9.90. The lowest BCUT2D eigenvalue weighted by molar-refractivity contribution is -0.276. The average molecular weight is 656 g/mol. The molecule has 43 heavy (non-hydrogen) atoms. The molecule has 1 saturated heterocycles. The first-order chi connectivity index (χ1) is 19.5. The monoisotopic (exact) mass is 655 g/mol. The maximum absolute atomic E-state index is 14.3. The van der Waals surface area contributed by atoms with Crippen LogP contribution in [-0.2, 0) is 27.6 Å². The number of amides is 2. The Morgan fingerprint density at radius 3 is 2.14 bits per heavy atom. The number of nitrogens with zero attached hydrogens (tertiary/aromatic N) is 3. The van der Waals surface area contributed by atoms with Gasteiger partial charge in [-0.1, -0.05) is 22.8 Å². The second-order valence-electron chi connectivity index (χ2n) is 9.47. The topological polar surface area (TPSA) is 62.2 Å². The largest absolute Gasteiger partial charge is 0.435 e. The van der Waals surface area contributed by atoms with E-state index >= 15 is 0 Å². The van der Waals surface area contributed by atoms with Crippen LogP contribution in [0.2, 0.25) is 5.02 Å². The van der Waals surface area contributed by atoms with Gasteiger partial charge in [0, 0.05) is 22.6 Å². The van der Waals surface area contributed by atoms with Gasteiger partial charge in [-0.3, -0.25) is 9.59 Å². The molecular weight excluding hydrogens is 642 g/mol. The van der Waals surface area contributed by atoms with E-state index < -0.39 is 107 Å². The number of alkyl halides is 12. The molecule has 0 aliphatic carbocycles. The first-order valence-corrected chi connectivity index (χ1v) is 11.9. The van der Waals surface area contributed by atoms with Crippen LogP contribution in [0.5, 0.6) is 0 Å². The van der Waals surface area contributed by atoms with E-state index in [0.717, 1.165) is 6.07 Å². The van der Waals surface area contributed by atoms with Crippen molar-refractivity contribution < 1.29 is 67.1 Å². The summed E-state index contributed by atoms with van der Waals surface area (Å²) >= 11 is 5.62. The molecule has 1 unspecified atom stereocenters. The van der Waals surface area contributed by atoms with Gasteiger partial charge in [0.15, 0.2) is 0 Å². The number of halogens is 13. The second kappa shape index (κ2) is 10.5. The molecular formula is C24H14ClF12N3O3. The van der Waals surface area contributed by atoms with Crippen molar-refractivity contribution in [3.05, 3.63) is 69.2 Å². The van der Waals surface area contributed by atoms with E-state index in [0.29, 0.717) is 23.1 Å². The molecule has 2 aromatic rings. The molecule has 1 fully saturated rings. The van der Waals surface area contributed by atoms with Crippen LogP contribution in [0, 0.1) is 0 Å². The van der Waals surface area contributed by atoms with Crippen LogP contribution in [0.15, 0.2) is 41.6 Å². The van der Waals surface area contributed by atoms with Crippen molar-refractivity contribution in [3.8, 4) is 0 Å². The predicted octanol–water partition coefficient (Wildman–Crippen LogP) is 6.76. The van der Waals surface area contributed by atoms with Crippen LogP contribution in [0.25, 0.3) is 0 Å². The van der Waals surface area contributed by atoms with E-state index in [1.54, 1.807) is 0 Å². The summed E-state index contributed by atoms with van der Waals surface area (Å²) in [6.07, 6.45) is -22.2. The van der Waals surface area contributed by atoms with Gasteiger partial charge in [-0.05, 0) is 30.3 Å². The summed E-state index contributed by atoms with van der Waals surface area (Å²) in [6.45, 7) is -3.72. The van der Waals surface area contributed by atoms with Crippen LogP contribution >= 0.6 is 11.6 Å². The average Bonchev–Trinajstić information content (AvgIpc) is 3.46. The summed E-state index contributed by atoms with van der Waals surface area (Å²) in [7, 11) is 0. The molecule has 0 spiro atoms. The minimum Gasteiger partial charge on any atom is -0.374 e. The third-order valence-electron chi connectivity index (χ3n) is 6.44. The van der Waals surface area contributed by atoms with Crippen molar-refractivity contribution in [2.24, 2.45) is 5.16 Å². The lowest BCUT2D eigenvalue weighted by Crippen LogP contribution is -2.43. The van der Waals surface area contributed by atoms with Gasteiger partial charge in [-0.2, -0.15) is 52.7 Å². The predicted molar refractivity (Wildman–Crippen MR) is 122 cm³/mol. The summed E-state index contributed by atoms with van der Waals surface area (Å²) < 4.78 is 163. The van der Waals surface area contributed by atoms with Gasteiger partial charge in [0.25, 0.3) is 11.5 Å². The van der Waals surface area contributed by atoms with Gasteiger partial charge in [0.1, 0.15) is 13.1 Å². The zero-order valence-electron chi connectivity index (χ0n) is 20.8. The lowest BCUT2D eigenvalue weighted by atomic mass is 9.85. The van der Waals surface area contributed by atoms with Gasteiger partial charge >= 0.3 is 24.7 Å². The van der Waals surface area contributed by atoms with Gasteiger partial charge in [0.2, 0.25) is 5.91 Å². The van der Waals surface area contributed by atoms with Gasteiger partial charge in [-0.15, -0.1) is 0 Å². The molecule has 2 aromatic carbocycles. The maximum Gasteiger partial charge on any atom is 0.435 e. The number of oxime groups is 1. The minimum absolute atomic E-state index is 0.111. The number of hydrogen-bond acceptors (Lipinski definition) is 4. The lowest BCUT2D eigenvalue weighted by Gasteiger charge is -2.30. The van der Waals surface area contributed by atoms with Gasteiger partial charge < -0.3 is 14.6 Å². The Morgan fingerprint density at radius 2 is 1.58 bits per heavy atom. The number of hydrogen-bond donors (Lipinski definition) is 0. The normalized spacial score (nSPS) is 20.0. The quantitative estimate of drug-likeness (QED) is 0.342. The first-order valence-electron chi connectivity index (χ1n) is 11.6. The highest BCUT2D eigenvalue weighted by atomic mass is 35.5. The van der Waals surface area contributed by atoms with Crippen molar-refractivity contribution >= 4 is 29.1 Å². The van der Waals surface area contributed by atoms with Crippen LogP contribution in [-0.4, -0.2) is 59.4 Å². The van der Waals surface area contributed by atoms with Gasteiger partial charge in [-0.25, -0.2) is 0 Å². The van der Waals surface area contributed by atoms with Crippen molar-refractivity contribution in [1.29, 1.82) is 0 Å². The molecule has 19 heteroatoms. The third kappa shape index (κ3) is 6.47. The Hall–Kier alpha value is -3.70. The molecule has 2 amide bonds. The van der Waals surface area contributed by atoms with E-state index in [4.69, 9.17) is 11.6 Å². The molecule has 0 bridgehead atoms. The molecule has 0 aromatic heterocycles. The van der Waals surface area contributed by atoms with Crippen molar-refractivity contribution in [2.45, 2.75) is 36.7 Å². The van der Waals surface area contributed by atoms with E-state index in [1.807, 2.05) is 0 Å². The zero-order valence-corrected chi connectivity index (χ0v) is 21.5. The standard InChI is InChI=1S/C24H14ClF12N3O3/c25-14-5-12(4-13(6-14)22(29,30)31)20(24(35,36)37)7-17(38-43-20)11-1-2-15(16(3-11)23(32,33)34)19(42)39-8-18(41)40(10-39)9-21(26,27)28/h1-6H,7-10H2. The van der Waals surface area contributed by atoms with Crippen molar-refractivity contribution in [1.82, 2.24) is 9.80 Å². The molecule has 2 aliphatic rings. The summed E-state index contributed by atoms with van der Waals surface area (Å²) in [5, 5.41) is 2.46. The molecule has 234 valence electrons. The number of rotatable bonds is 4. The maximum atomic E-state index is 14.3. The molecule has 4 rings (SSSR count). The highest BCUT2D eigenvalue weighted by molar-refractivity contribution is 6.30. The van der Waals surface area contributed by atoms with E-state index in [2.05, 4.69) is 9.99 Å². The third-order valence-corrected chi connectivity index (χ3v) is 6.66. The summed E-state index contributed by atoms with van der Waals surface area (Å²) in [5.41, 5.74) is -10.6. The summed E-state index contributed by atoms with van der Waals surface area (Å²) in [5.74, 6) is -2.68. The molecule has 0 saturated carbocycles.